The van der Waals surface area contributed by atoms with Crippen LogP contribution in [0, 0.1) is 12.8 Å². The van der Waals surface area contributed by atoms with Crippen LogP contribution in [0.25, 0.3) is 11.0 Å². The Morgan fingerprint density at radius 1 is 1.42 bits per heavy atom. The molecule has 2 aromatic heterocycles. The quantitative estimate of drug-likeness (QED) is 0.918. The Morgan fingerprint density at radius 2 is 2.26 bits per heavy atom. The minimum Gasteiger partial charge on any atom is -0.381 e. The fraction of sp³-hybridized carbons (Fsp3) is 0.600. The van der Waals surface area contributed by atoms with E-state index in [2.05, 4.69) is 28.4 Å². The molecule has 1 fully saturated rings. The van der Waals surface area contributed by atoms with Crippen LogP contribution in [0.1, 0.15) is 38.3 Å². The van der Waals surface area contributed by atoms with Crippen LogP contribution in [0.3, 0.4) is 0 Å². The average Bonchev–Trinajstić information content (AvgIpc) is 2.95. The number of pyridine rings is 1. The van der Waals surface area contributed by atoms with E-state index in [0.29, 0.717) is 6.04 Å². The van der Waals surface area contributed by atoms with Crippen molar-refractivity contribution in [1.82, 2.24) is 14.8 Å². The lowest BCUT2D eigenvalue weighted by Gasteiger charge is -2.20. The number of aromatic nitrogens is 3. The highest BCUT2D eigenvalue weighted by molar-refractivity contribution is 5.81. The Kier molecular flexibility index (Phi) is 3.17. The van der Waals surface area contributed by atoms with Crippen molar-refractivity contribution < 1.29 is 0 Å². The van der Waals surface area contributed by atoms with Gasteiger partial charge in [0.2, 0.25) is 0 Å². The Balaban J connectivity index is 1.87. The number of anilines is 1. The van der Waals surface area contributed by atoms with Crippen LogP contribution in [0.15, 0.2) is 12.3 Å². The van der Waals surface area contributed by atoms with Gasteiger partial charge in [-0.05, 0) is 31.7 Å². The van der Waals surface area contributed by atoms with Gasteiger partial charge in [0.25, 0.3) is 0 Å². The van der Waals surface area contributed by atoms with Gasteiger partial charge in [0.1, 0.15) is 0 Å². The number of hydrogen-bond donors (Lipinski definition) is 1. The molecular weight excluding hydrogens is 236 g/mol. The zero-order valence-corrected chi connectivity index (χ0v) is 12.0. The lowest BCUT2D eigenvalue weighted by molar-refractivity contribution is 0.489. The van der Waals surface area contributed by atoms with E-state index in [9.17, 15) is 0 Å². The molecule has 0 amide bonds. The Morgan fingerprint density at radius 3 is 3.05 bits per heavy atom. The van der Waals surface area contributed by atoms with E-state index in [4.69, 9.17) is 0 Å². The van der Waals surface area contributed by atoms with Gasteiger partial charge in [-0.15, -0.1) is 0 Å². The number of aryl methyl sites for hydroxylation is 2. The second kappa shape index (κ2) is 4.83. The summed E-state index contributed by atoms with van der Waals surface area (Å²) < 4.78 is 1.85. The summed E-state index contributed by atoms with van der Waals surface area (Å²) in [6, 6.07) is 2.80. The van der Waals surface area contributed by atoms with E-state index in [0.717, 1.165) is 28.3 Å². The van der Waals surface area contributed by atoms with E-state index < -0.39 is 0 Å². The largest absolute Gasteiger partial charge is 0.381 e. The Bertz CT molecular complexity index is 587. The molecule has 2 atom stereocenters. The predicted molar refractivity (Wildman–Crippen MR) is 78.3 cm³/mol. The van der Waals surface area contributed by atoms with E-state index in [1.165, 1.54) is 25.7 Å². The minimum atomic E-state index is 0.612. The highest BCUT2D eigenvalue weighted by Crippen LogP contribution is 2.31. The molecule has 4 nitrogen and oxygen atoms in total. The molecule has 1 aliphatic rings. The predicted octanol–water partition coefficient (Wildman–Crippen LogP) is 3.27. The first-order chi connectivity index (χ1) is 9.19. The second-order valence-electron chi connectivity index (χ2n) is 5.65. The van der Waals surface area contributed by atoms with E-state index in [-0.39, 0.29) is 0 Å². The second-order valence-corrected chi connectivity index (χ2v) is 5.65. The standard InChI is InChI=1S/C15H22N4/c1-4-11-6-5-7-14(11)17-12-8-13-10(2)18-19(3)15(13)16-9-12/h8-9,11,14,17H,4-7H2,1-3H3. The summed E-state index contributed by atoms with van der Waals surface area (Å²) in [7, 11) is 1.94. The van der Waals surface area contributed by atoms with Crippen molar-refractivity contribution in [3.05, 3.63) is 18.0 Å². The summed E-state index contributed by atoms with van der Waals surface area (Å²) in [5.74, 6) is 0.811. The van der Waals surface area contributed by atoms with E-state index in [1.807, 2.05) is 24.9 Å². The van der Waals surface area contributed by atoms with Crippen molar-refractivity contribution in [2.75, 3.05) is 5.32 Å². The SMILES string of the molecule is CCC1CCCC1Nc1cnc2c(c1)c(C)nn2C. The maximum absolute atomic E-state index is 4.53. The molecule has 1 saturated carbocycles. The summed E-state index contributed by atoms with van der Waals surface area (Å²) in [6.45, 7) is 4.33. The summed E-state index contributed by atoms with van der Waals surface area (Å²) in [5, 5.41) is 9.24. The number of rotatable bonds is 3. The molecule has 0 aromatic carbocycles. The van der Waals surface area contributed by atoms with Crippen LogP contribution in [0.5, 0.6) is 0 Å². The van der Waals surface area contributed by atoms with Gasteiger partial charge in [-0.3, -0.25) is 4.68 Å². The van der Waals surface area contributed by atoms with E-state index in [1.54, 1.807) is 0 Å². The fourth-order valence-electron chi connectivity index (χ4n) is 3.32. The third-order valence-electron chi connectivity index (χ3n) is 4.40. The molecule has 2 unspecified atom stereocenters. The molecule has 0 spiro atoms. The van der Waals surface area contributed by atoms with E-state index >= 15 is 0 Å². The van der Waals surface area contributed by atoms with Crippen LogP contribution in [-0.2, 0) is 7.05 Å². The van der Waals surface area contributed by atoms with Gasteiger partial charge in [0.15, 0.2) is 5.65 Å². The van der Waals surface area contributed by atoms with Crippen molar-refractivity contribution in [2.24, 2.45) is 13.0 Å². The first-order valence-electron chi connectivity index (χ1n) is 7.25. The monoisotopic (exact) mass is 258 g/mol. The number of fused-ring (bicyclic) bond motifs is 1. The minimum absolute atomic E-state index is 0.612. The van der Waals surface area contributed by atoms with Gasteiger partial charge in [0, 0.05) is 18.5 Å². The molecule has 4 heteroatoms. The molecule has 2 heterocycles. The first-order valence-corrected chi connectivity index (χ1v) is 7.25. The molecular formula is C15H22N4. The molecule has 0 saturated heterocycles. The van der Waals surface area contributed by atoms with Gasteiger partial charge in [-0.1, -0.05) is 19.8 Å². The highest BCUT2D eigenvalue weighted by Gasteiger charge is 2.25. The van der Waals surface area contributed by atoms with Gasteiger partial charge in [-0.2, -0.15) is 5.10 Å². The van der Waals surface area contributed by atoms with Gasteiger partial charge < -0.3 is 5.32 Å². The Labute approximate surface area is 114 Å². The van der Waals surface area contributed by atoms with Crippen molar-refractivity contribution in [3.63, 3.8) is 0 Å². The fourth-order valence-corrected chi connectivity index (χ4v) is 3.32. The zero-order valence-electron chi connectivity index (χ0n) is 12.0. The lowest BCUT2D eigenvalue weighted by Crippen LogP contribution is -2.23. The van der Waals surface area contributed by atoms with Crippen LogP contribution in [0.4, 0.5) is 5.69 Å². The van der Waals surface area contributed by atoms with Crippen molar-refractivity contribution in [1.29, 1.82) is 0 Å². The van der Waals surface area contributed by atoms with Crippen LogP contribution in [-0.4, -0.2) is 20.8 Å². The molecule has 102 valence electrons. The maximum Gasteiger partial charge on any atom is 0.157 e. The highest BCUT2D eigenvalue weighted by atomic mass is 15.3. The van der Waals surface area contributed by atoms with Crippen molar-refractivity contribution in [3.8, 4) is 0 Å². The first kappa shape index (κ1) is 12.5. The third-order valence-corrected chi connectivity index (χ3v) is 4.40. The number of hydrogen-bond acceptors (Lipinski definition) is 3. The summed E-state index contributed by atoms with van der Waals surface area (Å²) in [4.78, 5) is 4.53. The summed E-state index contributed by atoms with van der Waals surface area (Å²) in [5.41, 5.74) is 3.14. The van der Waals surface area contributed by atoms with Gasteiger partial charge in [-0.25, -0.2) is 4.98 Å². The zero-order chi connectivity index (χ0) is 13.4. The lowest BCUT2D eigenvalue weighted by atomic mass is 10.0. The molecule has 1 N–H and O–H groups in total. The molecule has 19 heavy (non-hydrogen) atoms. The molecule has 0 bridgehead atoms. The average molecular weight is 258 g/mol. The number of nitrogens with zero attached hydrogens (tertiary/aromatic N) is 3. The van der Waals surface area contributed by atoms with Gasteiger partial charge in [0.05, 0.1) is 17.6 Å². The summed E-state index contributed by atoms with van der Waals surface area (Å²) >= 11 is 0. The molecule has 0 radical (unpaired) electrons. The Hall–Kier alpha value is -1.58. The molecule has 1 aliphatic carbocycles. The normalized spacial score (nSPS) is 23.1. The van der Waals surface area contributed by atoms with Crippen molar-refractivity contribution >= 4 is 16.7 Å². The van der Waals surface area contributed by atoms with Crippen LogP contribution >= 0.6 is 0 Å². The third kappa shape index (κ3) is 2.20. The number of nitrogens with one attached hydrogen (secondary N) is 1. The molecule has 0 aliphatic heterocycles. The molecule has 2 aromatic rings. The smallest absolute Gasteiger partial charge is 0.157 e. The maximum atomic E-state index is 4.53. The van der Waals surface area contributed by atoms with Crippen molar-refractivity contribution in [2.45, 2.75) is 45.6 Å². The van der Waals surface area contributed by atoms with Crippen LogP contribution < -0.4 is 5.32 Å². The molecule has 3 rings (SSSR count). The topological polar surface area (TPSA) is 42.7 Å². The summed E-state index contributed by atoms with van der Waals surface area (Å²) in [6.07, 6.45) is 7.18. The van der Waals surface area contributed by atoms with Gasteiger partial charge >= 0.3 is 0 Å². The van der Waals surface area contributed by atoms with Crippen LogP contribution in [0.2, 0.25) is 0 Å².